The fourth-order valence-electron chi connectivity index (χ4n) is 4.68. The Morgan fingerprint density at radius 1 is 1.21 bits per heavy atom. The second-order valence-corrected chi connectivity index (χ2v) is 10.7. The molecule has 0 bridgehead atoms. The number of hydrogen-bond donors (Lipinski definition) is 1. The maximum Gasteiger partial charge on any atom is 0.266 e. The highest BCUT2D eigenvalue weighted by molar-refractivity contribution is 8.00. The van der Waals surface area contributed by atoms with Crippen molar-refractivity contribution < 1.29 is 9.53 Å². The number of rotatable bonds is 6. The van der Waals surface area contributed by atoms with Crippen LogP contribution in [-0.4, -0.2) is 33.9 Å². The number of benzene rings is 2. The average Bonchev–Trinajstić information content (AvgIpc) is 2.82. The first-order valence-corrected chi connectivity index (χ1v) is 12.8. The van der Waals surface area contributed by atoms with Gasteiger partial charge in [0, 0.05) is 6.04 Å². The van der Waals surface area contributed by atoms with Crippen LogP contribution in [0.15, 0.2) is 52.4 Å². The van der Waals surface area contributed by atoms with Crippen LogP contribution in [0.2, 0.25) is 0 Å². The molecule has 1 amide bonds. The molecule has 0 spiro atoms. The summed E-state index contributed by atoms with van der Waals surface area (Å²) in [6, 6.07) is 13.2. The van der Waals surface area contributed by atoms with Gasteiger partial charge in [-0.15, -0.1) is 0 Å². The van der Waals surface area contributed by atoms with Crippen LogP contribution in [0.25, 0.3) is 16.6 Å². The average molecular weight is 480 g/mol. The normalized spacial score (nSPS) is 21.3. The summed E-state index contributed by atoms with van der Waals surface area (Å²) >= 11 is 1.30. The highest BCUT2D eigenvalue weighted by atomic mass is 32.2. The van der Waals surface area contributed by atoms with E-state index in [1.807, 2.05) is 50.2 Å². The number of nitrogens with zero attached hydrogens (tertiary/aromatic N) is 2. The molecule has 180 valence electrons. The van der Waals surface area contributed by atoms with Gasteiger partial charge in [0.25, 0.3) is 5.56 Å². The predicted molar refractivity (Wildman–Crippen MR) is 138 cm³/mol. The van der Waals surface area contributed by atoms with Gasteiger partial charge in [-0.2, -0.15) is 0 Å². The first-order valence-electron chi connectivity index (χ1n) is 11.9. The summed E-state index contributed by atoms with van der Waals surface area (Å²) in [6.45, 7) is 8.32. The molecule has 1 saturated carbocycles. The quantitative estimate of drug-likeness (QED) is 0.392. The summed E-state index contributed by atoms with van der Waals surface area (Å²) in [6.07, 6.45) is 3.36. The van der Waals surface area contributed by atoms with Crippen LogP contribution in [0.5, 0.6) is 5.75 Å². The van der Waals surface area contributed by atoms with Crippen molar-refractivity contribution in [2.75, 3.05) is 7.11 Å². The lowest BCUT2D eigenvalue weighted by Crippen LogP contribution is -2.46. The van der Waals surface area contributed by atoms with Crippen LogP contribution in [0.4, 0.5) is 0 Å². The zero-order valence-corrected chi connectivity index (χ0v) is 21.3. The molecule has 7 heteroatoms. The molecule has 34 heavy (non-hydrogen) atoms. The number of carbonyl (C=O) groups excluding carboxylic acids is 1. The highest BCUT2D eigenvalue weighted by Crippen LogP contribution is 2.32. The molecule has 4 atom stereocenters. The molecule has 0 aliphatic heterocycles. The van der Waals surface area contributed by atoms with Gasteiger partial charge in [-0.3, -0.25) is 14.2 Å². The van der Waals surface area contributed by atoms with Crippen molar-refractivity contribution in [2.45, 2.75) is 63.4 Å². The Balaban J connectivity index is 1.72. The van der Waals surface area contributed by atoms with Gasteiger partial charge in [0.05, 0.1) is 29.0 Å². The monoisotopic (exact) mass is 479 g/mol. The largest absolute Gasteiger partial charge is 0.495 e. The van der Waals surface area contributed by atoms with Crippen LogP contribution in [0.3, 0.4) is 0 Å². The number of methoxy groups -OCH3 is 1. The number of ether oxygens (including phenoxy) is 1. The van der Waals surface area contributed by atoms with Gasteiger partial charge in [-0.25, -0.2) is 4.98 Å². The molecule has 1 fully saturated rings. The summed E-state index contributed by atoms with van der Waals surface area (Å²) in [5.41, 5.74) is 2.05. The molecule has 0 unspecified atom stereocenters. The molecule has 3 aromatic rings. The van der Waals surface area contributed by atoms with Crippen molar-refractivity contribution in [3.63, 3.8) is 0 Å². The lowest BCUT2D eigenvalue weighted by molar-refractivity contribution is -0.121. The lowest BCUT2D eigenvalue weighted by atomic mass is 9.78. The Kier molecular flexibility index (Phi) is 7.31. The Morgan fingerprint density at radius 2 is 1.97 bits per heavy atom. The molecule has 1 aliphatic carbocycles. The molecule has 0 saturated heterocycles. The van der Waals surface area contributed by atoms with E-state index in [1.165, 1.54) is 18.2 Å². The van der Waals surface area contributed by atoms with Crippen molar-refractivity contribution in [1.29, 1.82) is 0 Å². The minimum Gasteiger partial charge on any atom is -0.495 e. The number of fused-ring (bicyclic) bond motifs is 1. The van der Waals surface area contributed by atoms with Gasteiger partial charge < -0.3 is 10.1 Å². The number of carbonyl (C=O) groups is 1. The van der Waals surface area contributed by atoms with Gasteiger partial charge in [-0.05, 0) is 61.9 Å². The predicted octanol–water partition coefficient (Wildman–Crippen LogP) is 5.12. The van der Waals surface area contributed by atoms with Crippen LogP contribution in [0, 0.1) is 18.8 Å². The van der Waals surface area contributed by atoms with E-state index in [9.17, 15) is 9.59 Å². The standard InChI is InChI=1S/C27H33N3O3S/c1-16-13-14-24(33-5)23(15-16)30-26(32)20-10-6-7-11-22(20)29-27(30)34-19(4)25(31)28-21-12-8-9-17(2)18(21)3/h6-7,10-11,13-15,17-19,21H,8-9,12H2,1-5H3,(H,28,31)/t17-,18-,19+,21+/m0/s1. The molecular formula is C27H33N3O3S. The smallest absolute Gasteiger partial charge is 0.266 e. The van der Waals surface area contributed by atoms with E-state index >= 15 is 0 Å². The fourth-order valence-corrected chi connectivity index (χ4v) is 5.61. The Hall–Kier alpha value is -2.80. The van der Waals surface area contributed by atoms with Crippen molar-refractivity contribution in [3.8, 4) is 11.4 Å². The van der Waals surface area contributed by atoms with E-state index < -0.39 is 5.25 Å². The van der Waals surface area contributed by atoms with Crippen molar-refractivity contribution in [2.24, 2.45) is 11.8 Å². The molecular weight excluding hydrogens is 446 g/mol. The van der Waals surface area contributed by atoms with Crippen molar-refractivity contribution in [3.05, 3.63) is 58.4 Å². The molecule has 1 aliphatic rings. The summed E-state index contributed by atoms with van der Waals surface area (Å²) in [7, 11) is 1.59. The van der Waals surface area contributed by atoms with Gasteiger partial charge in [0.2, 0.25) is 5.91 Å². The number of hydrogen-bond acceptors (Lipinski definition) is 5. The minimum absolute atomic E-state index is 0.0267. The molecule has 4 rings (SSSR count). The maximum atomic E-state index is 13.6. The zero-order valence-electron chi connectivity index (χ0n) is 20.5. The number of aromatic nitrogens is 2. The molecule has 6 nitrogen and oxygen atoms in total. The number of amides is 1. The van der Waals surface area contributed by atoms with Gasteiger partial charge >= 0.3 is 0 Å². The van der Waals surface area contributed by atoms with Crippen molar-refractivity contribution in [1.82, 2.24) is 14.9 Å². The summed E-state index contributed by atoms with van der Waals surface area (Å²) in [5, 5.41) is 3.84. The van der Waals surface area contributed by atoms with E-state index in [-0.39, 0.29) is 17.5 Å². The number of para-hydroxylation sites is 1. The Bertz CT molecular complexity index is 1260. The van der Waals surface area contributed by atoms with Gasteiger partial charge in [0.1, 0.15) is 5.75 Å². The van der Waals surface area contributed by atoms with Crippen LogP contribution < -0.4 is 15.6 Å². The maximum absolute atomic E-state index is 13.6. The van der Waals surface area contributed by atoms with E-state index in [1.54, 1.807) is 17.7 Å². The Morgan fingerprint density at radius 3 is 2.74 bits per heavy atom. The second-order valence-electron chi connectivity index (χ2n) is 9.37. The summed E-state index contributed by atoms with van der Waals surface area (Å²) < 4.78 is 7.15. The molecule has 2 aromatic carbocycles. The van der Waals surface area contributed by atoms with Gasteiger partial charge in [0.15, 0.2) is 5.16 Å². The molecule has 1 heterocycles. The first kappa shape index (κ1) is 24.3. The second kappa shape index (κ2) is 10.2. The van der Waals surface area contributed by atoms with E-state index in [0.717, 1.165) is 18.4 Å². The van der Waals surface area contributed by atoms with Crippen LogP contribution in [-0.2, 0) is 4.79 Å². The third-order valence-corrected chi connectivity index (χ3v) is 8.06. The molecule has 1 aromatic heterocycles. The fraction of sp³-hybridized carbons (Fsp3) is 0.444. The van der Waals surface area contributed by atoms with Crippen molar-refractivity contribution >= 4 is 28.6 Å². The van der Waals surface area contributed by atoms with E-state index in [0.29, 0.717) is 39.3 Å². The third kappa shape index (κ3) is 4.85. The first-order chi connectivity index (χ1) is 16.3. The number of thioether (sulfide) groups is 1. The zero-order chi connectivity index (χ0) is 24.4. The van der Waals surface area contributed by atoms with Crippen LogP contribution in [0.1, 0.15) is 45.6 Å². The summed E-state index contributed by atoms with van der Waals surface area (Å²) in [5.74, 6) is 1.60. The SMILES string of the molecule is COc1ccc(C)cc1-n1c(S[C@H](C)C(=O)N[C@@H]2CCC[C@H](C)[C@@H]2C)nc2ccccc2c1=O. The number of aryl methyl sites for hydroxylation is 1. The molecule has 1 N–H and O–H groups in total. The minimum atomic E-state index is -0.417. The Labute approximate surface area is 205 Å². The van der Waals surface area contributed by atoms with E-state index in [4.69, 9.17) is 9.72 Å². The molecule has 0 radical (unpaired) electrons. The van der Waals surface area contributed by atoms with E-state index in [2.05, 4.69) is 19.2 Å². The summed E-state index contributed by atoms with van der Waals surface area (Å²) in [4.78, 5) is 31.6. The lowest BCUT2D eigenvalue weighted by Gasteiger charge is -2.35. The highest BCUT2D eigenvalue weighted by Gasteiger charge is 2.30. The third-order valence-electron chi connectivity index (χ3n) is 7.01. The van der Waals surface area contributed by atoms with Crippen LogP contribution >= 0.6 is 11.8 Å². The van der Waals surface area contributed by atoms with Gasteiger partial charge in [-0.1, -0.05) is 56.7 Å². The topological polar surface area (TPSA) is 73.2 Å². The number of nitrogens with one attached hydrogen (secondary N) is 1.